The lowest BCUT2D eigenvalue weighted by atomic mass is 10.0. The van der Waals surface area contributed by atoms with Crippen LogP contribution in [0.5, 0.6) is 0 Å². The topological polar surface area (TPSA) is 146 Å². The standard InChI is InChI=1S/C16H32N2O7/c17-5-4-14(22)18-6-3-8-24-7-1-2-9-25-16(13(21)11-19)15(23)12(20)10-18/h12-13,15-16,19-21,23H,1-11,17H2/t12-,13-,15-,16-/m1/s1. The summed E-state index contributed by atoms with van der Waals surface area (Å²) >= 11 is 0. The van der Waals surface area contributed by atoms with Gasteiger partial charge in [-0.15, -0.1) is 0 Å². The van der Waals surface area contributed by atoms with E-state index >= 15 is 0 Å². The molecule has 25 heavy (non-hydrogen) atoms. The van der Waals surface area contributed by atoms with Crippen molar-refractivity contribution in [2.24, 2.45) is 5.73 Å². The van der Waals surface area contributed by atoms with E-state index < -0.39 is 31.0 Å². The van der Waals surface area contributed by atoms with E-state index in [2.05, 4.69) is 0 Å². The largest absolute Gasteiger partial charge is 0.394 e. The number of ether oxygens (including phenoxy) is 2. The molecule has 0 unspecified atom stereocenters. The van der Waals surface area contributed by atoms with E-state index in [4.69, 9.17) is 20.3 Å². The van der Waals surface area contributed by atoms with Gasteiger partial charge in [-0.1, -0.05) is 0 Å². The molecule has 9 nitrogen and oxygen atoms in total. The highest BCUT2D eigenvalue weighted by atomic mass is 16.5. The van der Waals surface area contributed by atoms with Crippen molar-refractivity contribution in [1.82, 2.24) is 4.90 Å². The molecular weight excluding hydrogens is 332 g/mol. The highest BCUT2D eigenvalue weighted by Gasteiger charge is 2.34. The van der Waals surface area contributed by atoms with E-state index in [1.54, 1.807) is 0 Å². The number of β-amino-alcohol motifs (C(OH)–C–C–N with tert-alkyl or cyclic N) is 1. The molecule has 0 aliphatic carbocycles. The van der Waals surface area contributed by atoms with Gasteiger partial charge in [0.15, 0.2) is 0 Å². The van der Waals surface area contributed by atoms with E-state index in [9.17, 15) is 20.1 Å². The van der Waals surface area contributed by atoms with E-state index in [0.717, 1.165) is 6.42 Å². The maximum Gasteiger partial charge on any atom is 0.223 e. The molecular formula is C16H32N2O7. The third-order valence-electron chi connectivity index (χ3n) is 4.13. The second-order valence-electron chi connectivity index (χ2n) is 6.19. The first-order chi connectivity index (χ1) is 12.0. The van der Waals surface area contributed by atoms with Gasteiger partial charge in [0.1, 0.15) is 24.4 Å². The number of aliphatic hydroxyl groups excluding tert-OH is 4. The van der Waals surface area contributed by atoms with Crippen LogP contribution in [0, 0.1) is 0 Å². The summed E-state index contributed by atoms with van der Waals surface area (Å²) < 4.78 is 11.0. The molecule has 1 fully saturated rings. The van der Waals surface area contributed by atoms with Crippen molar-refractivity contribution < 1.29 is 34.7 Å². The summed E-state index contributed by atoms with van der Waals surface area (Å²) in [5, 5.41) is 39.7. The third-order valence-corrected chi connectivity index (χ3v) is 4.13. The number of amides is 1. The van der Waals surface area contributed by atoms with Crippen molar-refractivity contribution >= 4 is 5.91 Å². The quantitative estimate of drug-likeness (QED) is 0.379. The van der Waals surface area contributed by atoms with Crippen LogP contribution in [0.15, 0.2) is 0 Å². The lowest BCUT2D eigenvalue weighted by Crippen LogP contribution is -2.52. The molecule has 9 heteroatoms. The van der Waals surface area contributed by atoms with Gasteiger partial charge in [0.2, 0.25) is 5.91 Å². The maximum absolute atomic E-state index is 12.2. The van der Waals surface area contributed by atoms with Crippen LogP contribution in [-0.4, -0.2) is 102 Å². The maximum atomic E-state index is 12.2. The Morgan fingerprint density at radius 3 is 2.56 bits per heavy atom. The zero-order chi connectivity index (χ0) is 18.7. The number of rotatable bonds is 4. The second kappa shape index (κ2) is 12.5. The average molecular weight is 364 g/mol. The fourth-order valence-electron chi connectivity index (χ4n) is 2.68. The summed E-state index contributed by atoms with van der Waals surface area (Å²) in [6.07, 6.45) is -3.07. The first-order valence-corrected chi connectivity index (χ1v) is 8.83. The highest BCUT2D eigenvalue weighted by molar-refractivity contribution is 5.76. The lowest BCUT2D eigenvalue weighted by Gasteiger charge is -2.33. The molecule has 148 valence electrons. The second-order valence-corrected chi connectivity index (χ2v) is 6.19. The number of hydrogen-bond acceptors (Lipinski definition) is 8. The van der Waals surface area contributed by atoms with Gasteiger partial charge in [-0.2, -0.15) is 0 Å². The van der Waals surface area contributed by atoms with Crippen molar-refractivity contribution in [2.75, 3.05) is 46.1 Å². The van der Waals surface area contributed by atoms with Crippen molar-refractivity contribution in [3.63, 3.8) is 0 Å². The molecule has 1 amide bonds. The molecule has 0 spiro atoms. The number of nitrogens with two attached hydrogens (primary N) is 1. The molecule has 1 aliphatic heterocycles. The predicted octanol–water partition coefficient (Wildman–Crippen LogP) is -2.18. The third kappa shape index (κ3) is 7.95. The van der Waals surface area contributed by atoms with E-state index in [-0.39, 0.29) is 32.0 Å². The summed E-state index contributed by atoms with van der Waals surface area (Å²) in [5.74, 6) is -0.221. The first kappa shape index (κ1) is 22.2. The SMILES string of the molecule is NCCC(=O)N1CCCOCCCCO[C@H]([C@H](O)CO)[C@H](O)[C@H](O)C1. The summed E-state index contributed by atoms with van der Waals surface area (Å²) in [5.41, 5.74) is 5.42. The number of aliphatic hydroxyl groups is 4. The number of carbonyl (C=O) groups is 1. The van der Waals surface area contributed by atoms with Gasteiger partial charge in [0.05, 0.1) is 6.61 Å². The molecule has 0 aromatic carbocycles. The van der Waals surface area contributed by atoms with Crippen LogP contribution in [-0.2, 0) is 14.3 Å². The number of carbonyl (C=O) groups excluding carboxylic acids is 1. The minimum atomic E-state index is -1.44. The lowest BCUT2D eigenvalue weighted by molar-refractivity contribution is -0.152. The summed E-state index contributed by atoms with van der Waals surface area (Å²) in [6, 6.07) is 0. The molecule has 6 N–H and O–H groups in total. The van der Waals surface area contributed by atoms with Gasteiger partial charge in [-0.3, -0.25) is 4.79 Å². The minimum absolute atomic E-state index is 0.113. The van der Waals surface area contributed by atoms with Gasteiger partial charge in [-0.25, -0.2) is 0 Å². The highest BCUT2D eigenvalue weighted by Crippen LogP contribution is 2.13. The van der Waals surface area contributed by atoms with Gasteiger partial charge in [0, 0.05) is 45.9 Å². The van der Waals surface area contributed by atoms with Crippen LogP contribution in [0.4, 0.5) is 0 Å². The Bertz CT molecular complexity index is 372. The van der Waals surface area contributed by atoms with Gasteiger partial charge < -0.3 is 40.5 Å². The molecule has 1 saturated heterocycles. The van der Waals surface area contributed by atoms with Crippen molar-refractivity contribution in [2.45, 2.75) is 50.1 Å². The molecule has 0 saturated carbocycles. The van der Waals surface area contributed by atoms with Crippen molar-refractivity contribution in [3.8, 4) is 0 Å². The van der Waals surface area contributed by atoms with Crippen LogP contribution in [0.25, 0.3) is 0 Å². The fourth-order valence-corrected chi connectivity index (χ4v) is 2.68. The molecule has 0 aromatic rings. The molecule has 1 aliphatic rings. The Kier molecular flexibility index (Phi) is 11.1. The Labute approximate surface area is 148 Å². The van der Waals surface area contributed by atoms with Crippen molar-refractivity contribution in [1.29, 1.82) is 0 Å². The summed E-state index contributed by atoms with van der Waals surface area (Å²) in [7, 11) is 0. The Balaban J connectivity index is 2.82. The fraction of sp³-hybridized carbons (Fsp3) is 0.938. The monoisotopic (exact) mass is 364 g/mol. The summed E-state index contributed by atoms with van der Waals surface area (Å²) in [6.45, 7) is 1.16. The van der Waals surface area contributed by atoms with E-state index in [1.165, 1.54) is 4.90 Å². The Morgan fingerprint density at radius 2 is 1.88 bits per heavy atom. The minimum Gasteiger partial charge on any atom is -0.394 e. The normalized spacial score (nSPS) is 29.0. The van der Waals surface area contributed by atoms with E-state index in [0.29, 0.717) is 32.6 Å². The molecule has 0 aromatic heterocycles. The first-order valence-electron chi connectivity index (χ1n) is 8.83. The van der Waals surface area contributed by atoms with Crippen LogP contribution < -0.4 is 5.73 Å². The number of hydrogen-bond donors (Lipinski definition) is 5. The van der Waals surface area contributed by atoms with Crippen molar-refractivity contribution in [3.05, 3.63) is 0 Å². The van der Waals surface area contributed by atoms with Gasteiger partial charge in [0.25, 0.3) is 0 Å². The Hall–Kier alpha value is -0.810. The van der Waals surface area contributed by atoms with Crippen LogP contribution in [0.2, 0.25) is 0 Å². The van der Waals surface area contributed by atoms with E-state index in [1.807, 2.05) is 0 Å². The van der Waals surface area contributed by atoms with Crippen LogP contribution in [0.3, 0.4) is 0 Å². The van der Waals surface area contributed by atoms with Gasteiger partial charge in [-0.05, 0) is 19.3 Å². The zero-order valence-electron chi connectivity index (χ0n) is 14.6. The van der Waals surface area contributed by atoms with Crippen LogP contribution >= 0.6 is 0 Å². The van der Waals surface area contributed by atoms with Crippen LogP contribution in [0.1, 0.15) is 25.7 Å². The summed E-state index contributed by atoms with van der Waals surface area (Å²) in [4.78, 5) is 13.6. The zero-order valence-corrected chi connectivity index (χ0v) is 14.6. The predicted molar refractivity (Wildman–Crippen MR) is 89.8 cm³/mol. The molecule has 1 heterocycles. The smallest absolute Gasteiger partial charge is 0.223 e. The number of nitrogens with zero attached hydrogens (tertiary/aromatic N) is 1. The van der Waals surface area contributed by atoms with Gasteiger partial charge >= 0.3 is 0 Å². The molecule has 1 rings (SSSR count). The molecule has 4 atom stereocenters. The molecule has 0 radical (unpaired) electrons. The molecule has 0 bridgehead atoms. The average Bonchev–Trinajstić information content (AvgIpc) is 2.60. The Morgan fingerprint density at radius 1 is 1.20 bits per heavy atom.